The van der Waals surface area contributed by atoms with Crippen LogP contribution < -0.4 is 5.32 Å². The number of furan rings is 1. The van der Waals surface area contributed by atoms with E-state index in [0.717, 1.165) is 22.3 Å². The molecule has 8 nitrogen and oxygen atoms in total. The van der Waals surface area contributed by atoms with E-state index in [4.69, 9.17) is 18.6 Å². The minimum Gasteiger partial charge on any atom is -0.472 e. The third-order valence-corrected chi connectivity index (χ3v) is 6.24. The van der Waals surface area contributed by atoms with Gasteiger partial charge in [-0.05, 0) is 43.2 Å². The summed E-state index contributed by atoms with van der Waals surface area (Å²) in [4.78, 5) is 37.3. The van der Waals surface area contributed by atoms with E-state index in [1.165, 1.54) is 6.26 Å². The van der Waals surface area contributed by atoms with E-state index >= 15 is 0 Å². The number of cyclic esters (lactones) is 2. The molecule has 0 aromatic carbocycles. The van der Waals surface area contributed by atoms with Crippen molar-refractivity contribution in [2.45, 2.75) is 32.5 Å². The summed E-state index contributed by atoms with van der Waals surface area (Å²) in [5.74, 6) is -0.881. The van der Waals surface area contributed by atoms with Crippen LogP contribution in [0, 0.1) is 5.41 Å². The number of hydrogen-bond donors (Lipinski definition) is 1. The monoisotopic (exact) mass is 423 g/mol. The predicted octanol–water partition coefficient (Wildman–Crippen LogP) is 3.05. The summed E-state index contributed by atoms with van der Waals surface area (Å²) in [5.41, 5.74) is 3.22. The second-order valence-corrected chi connectivity index (χ2v) is 7.91. The van der Waals surface area contributed by atoms with E-state index in [0.29, 0.717) is 24.1 Å². The molecule has 160 valence electrons. The maximum absolute atomic E-state index is 12.7. The molecule has 1 aromatic rings. The molecule has 1 aromatic heterocycles. The molecule has 8 heteroatoms. The van der Waals surface area contributed by atoms with Crippen molar-refractivity contribution in [1.29, 1.82) is 0 Å². The third kappa shape index (κ3) is 2.85. The highest BCUT2D eigenvalue weighted by Crippen LogP contribution is 2.54. The molecule has 3 atom stereocenters. The van der Waals surface area contributed by atoms with Crippen LogP contribution in [0.1, 0.15) is 31.9 Å². The van der Waals surface area contributed by atoms with E-state index in [2.05, 4.69) is 5.32 Å². The van der Waals surface area contributed by atoms with Crippen molar-refractivity contribution in [3.63, 3.8) is 0 Å². The molecule has 0 saturated carbocycles. The van der Waals surface area contributed by atoms with E-state index < -0.39 is 35.7 Å². The summed E-state index contributed by atoms with van der Waals surface area (Å²) < 4.78 is 21.8. The molecule has 0 unspecified atom stereocenters. The summed E-state index contributed by atoms with van der Waals surface area (Å²) in [6, 6.07) is 1.76. The number of rotatable bonds is 3. The fraction of sp³-hybridized carbons (Fsp3) is 0.348. The summed E-state index contributed by atoms with van der Waals surface area (Å²) in [7, 11) is 0. The molecule has 2 aliphatic carbocycles. The van der Waals surface area contributed by atoms with Gasteiger partial charge in [-0.2, -0.15) is 0 Å². The van der Waals surface area contributed by atoms with Crippen LogP contribution in [-0.2, 0) is 23.8 Å². The molecule has 3 heterocycles. The molecule has 1 N–H and O–H groups in total. The third-order valence-electron chi connectivity index (χ3n) is 6.24. The van der Waals surface area contributed by atoms with Crippen LogP contribution in [0.2, 0.25) is 0 Å². The van der Waals surface area contributed by atoms with Gasteiger partial charge in [0.05, 0.1) is 29.1 Å². The van der Waals surface area contributed by atoms with Crippen molar-refractivity contribution in [3.8, 4) is 0 Å². The van der Waals surface area contributed by atoms with Crippen LogP contribution >= 0.6 is 0 Å². The average molecular weight is 423 g/mol. The first-order chi connectivity index (χ1) is 14.9. The Morgan fingerprint density at radius 3 is 2.90 bits per heavy atom. The summed E-state index contributed by atoms with van der Waals surface area (Å²) in [6.07, 6.45) is 6.87. The van der Waals surface area contributed by atoms with Crippen molar-refractivity contribution in [2.75, 3.05) is 13.2 Å². The normalized spacial score (nSPS) is 28.9. The number of nitrogens with one attached hydrogen (secondary N) is 1. The maximum atomic E-state index is 12.7. The lowest BCUT2D eigenvalue weighted by Gasteiger charge is -2.35. The van der Waals surface area contributed by atoms with E-state index in [1.807, 2.05) is 13.0 Å². The van der Waals surface area contributed by atoms with Crippen LogP contribution in [0.15, 0.2) is 69.1 Å². The van der Waals surface area contributed by atoms with Gasteiger partial charge in [0, 0.05) is 24.1 Å². The van der Waals surface area contributed by atoms with Crippen LogP contribution in [0.5, 0.6) is 0 Å². The van der Waals surface area contributed by atoms with Crippen molar-refractivity contribution < 1.29 is 33.0 Å². The molecule has 31 heavy (non-hydrogen) atoms. The highest BCUT2D eigenvalue weighted by atomic mass is 16.6. The van der Waals surface area contributed by atoms with Gasteiger partial charge in [-0.25, -0.2) is 14.4 Å². The van der Waals surface area contributed by atoms with Gasteiger partial charge in [-0.1, -0.05) is 6.08 Å². The first kappa shape index (κ1) is 19.4. The summed E-state index contributed by atoms with van der Waals surface area (Å²) in [6.45, 7) is 4.27. The minimum absolute atomic E-state index is 0.140. The fourth-order valence-electron chi connectivity index (χ4n) is 4.82. The highest BCUT2D eigenvalue weighted by Gasteiger charge is 2.53. The minimum atomic E-state index is -0.798. The van der Waals surface area contributed by atoms with Crippen molar-refractivity contribution in [2.24, 2.45) is 5.41 Å². The number of carbonyl (C=O) groups is 3. The molecule has 0 bridgehead atoms. The van der Waals surface area contributed by atoms with Crippen molar-refractivity contribution in [1.82, 2.24) is 5.32 Å². The molecule has 5 rings (SSSR count). The zero-order valence-electron chi connectivity index (χ0n) is 17.1. The molecular formula is C23H21NO7. The van der Waals surface area contributed by atoms with E-state index in [1.54, 1.807) is 31.4 Å². The molecule has 4 aliphatic rings. The van der Waals surface area contributed by atoms with Crippen molar-refractivity contribution >= 4 is 18.0 Å². The van der Waals surface area contributed by atoms with Gasteiger partial charge in [-0.15, -0.1) is 0 Å². The number of ether oxygens (including phenoxy) is 3. The van der Waals surface area contributed by atoms with Crippen LogP contribution in [-0.4, -0.2) is 37.3 Å². The van der Waals surface area contributed by atoms with E-state index in [9.17, 15) is 14.4 Å². The lowest BCUT2D eigenvalue weighted by Crippen LogP contribution is -2.36. The van der Waals surface area contributed by atoms with Gasteiger partial charge in [0.15, 0.2) is 6.10 Å². The molecule has 1 fully saturated rings. The van der Waals surface area contributed by atoms with Crippen LogP contribution in [0.3, 0.4) is 0 Å². The van der Waals surface area contributed by atoms with Gasteiger partial charge in [-0.3, -0.25) is 0 Å². The Kier molecular flexibility index (Phi) is 4.39. The predicted molar refractivity (Wildman–Crippen MR) is 106 cm³/mol. The van der Waals surface area contributed by atoms with Gasteiger partial charge in [0.2, 0.25) is 0 Å². The number of carbonyl (C=O) groups excluding carboxylic acids is 3. The second kappa shape index (κ2) is 7.01. The molecule has 2 aliphatic heterocycles. The zero-order chi connectivity index (χ0) is 21.8. The number of alkyl carbamates (subject to hydrolysis) is 1. The van der Waals surface area contributed by atoms with E-state index in [-0.39, 0.29) is 6.61 Å². The number of amides is 1. The second-order valence-electron chi connectivity index (χ2n) is 7.91. The topological polar surface area (TPSA) is 104 Å². The fourth-order valence-corrected chi connectivity index (χ4v) is 4.82. The Bertz CT molecular complexity index is 1100. The first-order valence-electron chi connectivity index (χ1n) is 10.2. The lowest BCUT2D eigenvalue weighted by atomic mass is 9.68. The Morgan fingerprint density at radius 1 is 1.32 bits per heavy atom. The SMILES string of the molecule is CCNC(=O)O[C@H]1C=C2C(=O)OC[C@]23C=CC2=C(C(C)=C3C1)[C@H](c1ccoc1)OC2=O. The first-order valence-corrected chi connectivity index (χ1v) is 10.2. The number of hydrogen-bond acceptors (Lipinski definition) is 7. The average Bonchev–Trinajstić information content (AvgIpc) is 3.43. The van der Waals surface area contributed by atoms with Crippen molar-refractivity contribution in [3.05, 3.63) is 70.2 Å². The Labute approximate surface area is 178 Å². The van der Waals surface area contributed by atoms with Crippen LogP contribution in [0.4, 0.5) is 4.79 Å². The van der Waals surface area contributed by atoms with Gasteiger partial charge in [0.25, 0.3) is 0 Å². The summed E-state index contributed by atoms with van der Waals surface area (Å²) >= 11 is 0. The molecule has 1 amide bonds. The highest BCUT2D eigenvalue weighted by molar-refractivity contribution is 5.99. The lowest BCUT2D eigenvalue weighted by molar-refractivity contribution is -0.139. The Morgan fingerprint density at radius 2 is 2.16 bits per heavy atom. The zero-order valence-corrected chi connectivity index (χ0v) is 17.1. The molecular weight excluding hydrogens is 402 g/mol. The quantitative estimate of drug-likeness (QED) is 0.589. The smallest absolute Gasteiger partial charge is 0.407 e. The number of esters is 2. The molecule has 1 spiro atoms. The Balaban J connectivity index is 1.64. The van der Waals surface area contributed by atoms with Gasteiger partial charge < -0.3 is 23.9 Å². The van der Waals surface area contributed by atoms with Gasteiger partial charge in [0.1, 0.15) is 12.7 Å². The molecule has 0 radical (unpaired) electrons. The van der Waals surface area contributed by atoms with Gasteiger partial charge >= 0.3 is 18.0 Å². The largest absolute Gasteiger partial charge is 0.472 e. The summed E-state index contributed by atoms with van der Waals surface area (Å²) in [5, 5.41) is 2.60. The Hall–Kier alpha value is -3.55. The standard InChI is InChI=1S/C23H21NO7/c1-3-24-22(27)30-14-8-16-12(2)18-15(20(25)31-19(18)13-5-7-28-10-13)4-6-23(16)11-29-21(26)17(23)9-14/h4-7,9-10,14,19H,3,8,11H2,1-2H3,(H,24,27)/t14-,19+,23+/m1/s1. The molecule has 1 saturated heterocycles. The maximum Gasteiger partial charge on any atom is 0.407 e. The van der Waals surface area contributed by atoms with Crippen LogP contribution in [0.25, 0.3) is 0 Å².